The SMILES string of the molecule is c1ccc(-c2cc(-c3cccc4ccccc34)cc(-n3c4ccccc4c4ccccc43)c2)nc1.c1ccc(-c2cc(-c3nc(-c4ccccc4)nc(-c4ccccc4)n3)cc(-c3cc4ccccc4c4ccccc34)c2)cc1.c1ccc(-c2nc(-c3ccccc3)nc(-n3c4cccnc4c4ncc5ccccc5c43)n2)cc1. The Morgan fingerprint density at radius 2 is 0.632 bits per heavy atom. The molecule has 0 saturated heterocycles. The fourth-order valence-electron chi connectivity index (χ4n) is 15.7. The van der Waals surface area contributed by atoms with Crippen LogP contribution in [-0.4, -0.2) is 54.0 Å². The van der Waals surface area contributed by atoms with E-state index in [4.69, 9.17) is 34.9 Å². The summed E-state index contributed by atoms with van der Waals surface area (Å²) in [5.41, 5.74) is 20.7. The molecule has 0 spiro atoms. The molecule has 534 valence electrons. The lowest BCUT2D eigenvalue weighted by Crippen LogP contribution is -2.06. The number of rotatable bonds is 11. The minimum atomic E-state index is 0.531. The summed E-state index contributed by atoms with van der Waals surface area (Å²) in [6.07, 6.45) is 5.55. The molecule has 0 saturated carbocycles. The first kappa shape index (κ1) is 67.7. The molecule has 114 heavy (non-hydrogen) atoms. The van der Waals surface area contributed by atoms with Gasteiger partial charge in [-0.2, -0.15) is 9.97 Å². The zero-order valence-electron chi connectivity index (χ0n) is 61.6. The van der Waals surface area contributed by atoms with E-state index in [0.717, 1.165) is 94.3 Å². The second-order valence-electron chi connectivity index (χ2n) is 28.0. The third-order valence-corrected chi connectivity index (χ3v) is 21.0. The molecule has 0 radical (unpaired) electrons. The average molecular weight is 1460 g/mol. The smallest absolute Gasteiger partial charge is 0.238 e. The highest BCUT2D eigenvalue weighted by Gasteiger charge is 2.23. The normalized spacial score (nSPS) is 11.3. The Labute approximate surface area is 656 Å². The van der Waals surface area contributed by atoms with Crippen LogP contribution in [0.2, 0.25) is 0 Å². The number of aromatic nitrogens is 11. The molecule has 7 heterocycles. The molecule has 11 heteroatoms. The third-order valence-electron chi connectivity index (χ3n) is 21.0. The number of nitrogens with zero attached hydrogens (tertiary/aromatic N) is 11. The zero-order valence-corrected chi connectivity index (χ0v) is 61.6. The summed E-state index contributed by atoms with van der Waals surface area (Å²) in [6, 6.07) is 135. The summed E-state index contributed by atoms with van der Waals surface area (Å²) in [4.78, 5) is 43.9. The Bertz CT molecular complexity index is 7170. The van der Waals surface area contributed by atoms with Crippen molar-refractivity contribution in [2.75, 3.05) is 0 Å². The van der Waals surface area contributed by atoms with Gasteiger partial charge in [0, 0.05) is 79.2 Å². The van der Waals surface area contributed by atoms with Crippen molar-refractivity contribution in [3.05, 3.63) is 407 Å². The van der Waals surface area contributed by atoms with E-state index in [1.54, 1.807) is 6.20 Å². The highest BCUT2D eigenvalue weighted by molar-refractivity contribution is 6.16. The largest absolute Gasteiger partial charge is 0.309 e. The standard InChI is InChI=1S/C41H27N3.C33H22N2.C29H18N6/c1-4-14-28(15-5-1)32-24-33(38-27-31-20-10-11-21-35(31)36-22-12-13-23-37(36)38)26-34(25-32)41-43-39(29-16-6-2-7-17-29)42-40(44-41)30-18-8-3-9-19-30;1-2-12-27-23(10-1)11-9-15-28(27)24-20-25(31-16-7-8-19-34-31)22-26(21-24)35-32-17-5-3-13-29(32)30-14-4-6-18-33(30)35;1-3-10-19(11-4-1)27-32-28(20-12-5-2-6-13-20)34-29(33-27)35-23-16-9-17-30-24(23)25-26(35)22-15-8-7-14-21(22)18-31-25/h1-27H;1-22H;1-18H. The van der Waals surface area contributed by atoms with Gasteiger partial charge in [-0.25, -0.2) is 19.9 Å². The van der Waals surface area contributed by atoms with Gasteiger partial charge in [0.05, 0.1) is 27.8 Å². The highest BCUT2D eigenvalue weighted by Crippen LogP contribution is 2.42. The van der Waals surface area contributed by atoms with Gasteiger partial charge < -0.3 is 4.57 Å². The highest BCUT2D eigenvalue weighted by atomic mass is 15.2. The minimum Gasteiger partial charge on any atom is -0.309 e. The van der Waals surface area contributed by atoms with Crippen LogP contribution >= 0.6 is 0 Å². The van der Waals surface area contributed by atoms with E-state index in [2.05, 4.69) is 250 Å². The number of pyridine rings is 3. The molecule has 11 nitrogen and oxygen atoms in total. The van der Waals surface area contributed by atoms with Crippen LogP contribution in [0.25, 0.3) is 200 Å². The zero-order chi connectivity index (χ0) is 75.7. The number of para-hydroxylation sites is 2. The minimum absolute atomic E-state index is 0.531. The van der Waals surface area contributed by atoms with Crippen molar-refractivity contribution < 1.29 is 0 Å². The number of fused-ring (bicyclic) bond motifs is 12. The maximum absolute atomic E-state index is 5.06. The number of hydrogen-bond acceptors (Lipinski definition) is 9. The molecule has 22 rings (SSSR count). The van der Waals surface area contributed by atoms with Gasteiger partial charge in [0.1, 0.15) is 11.0 Å². The van der Waals surface area contributed by atoms with Gasteiger partial charge >= 0.3 is 0 Å². The summed E-state index contributed by atoms with van der Waals surface area (Å²) < 4.78 is 4.44. The summed E-state index contributed by atoms with van der Waals surface area (Å²) in [5, 5.41) is 12.1. The van der Waals surface area contributed by atoms with Crippen LogP contribution < -0.4 is 0 Å². The molecule has 0 N–H and O–H groups in total. The Hall–Kier alpha value is -15.6. The van der Waals surface area contributed by atoms with Crippen LogP contribution in [0.15, 0.2) is 407 Å². The van der Waals surface area contributed by atoms with Crippen LogP contribution in [0.1, 0.15) is 0 Å². The van der Waals surface area contributed by atoms with Gasteiger partial charge in [0.25, 0.3) is 0 Å². The van der Waals surface area contributed by atoms with E-state index in [-0.39, 0.29) is 0 Å². The average Bonchev–Trinajstić information content (AvgIpc) is 1.56. The van der Waals surface area contributed by atoms with Gasteiger partial charge in [-0.05, 0) is 145 Å². The van der Waals surface area contributed by atoms with Crippen molar-refractivity contribution in [1.82, 2.24) is 54.0 Å². The first-order valence-corrected chi connectivity index (χ1v) is 38.1. The molecular formula is C103H67N11. The van der Waals surface area contributed by atoms with Crippen LogP contribution in [-0.2, 0) is 0 Å². The molecule has 0 atom stereocenters. The maximum atomic E-state index is 5.06. The molecule has 0 aliphatic heterocycles. The Morgan fingerprint density at radius 3 is 1.24 bits per heavy atom. The second-order valence-corrected chi connectivity index (χ2v) is 28.0. The molecule has 0 fully saturated rings. The predicted molar refractivity (Wildman–Crippen MR) is 467 cm³/mol. The van der Waals surface area contributed by atoms with Crippen LogP contribution in [0.4, 0.5) is 0 Å². The summed E-state index contributed by atoms with van der Waals surface area (Å²) in [6.45, 7) is 0. The molecule has 0 unspecified atom stereocenters. The van der Waals surface area contributed by atoms with Crippen LogP contribution in [0.5, 0.6) is 0 Å². The monoisotopic (exact) mass is 1460 g/mol. The fourth-order valence-corrected chi connectivity index (χ4v) is 15.7. The summed E-state index contributed by atoms with van der Waals surface area (Å²) in [7, 11) is 0. The second kappa shape index (κ2) is 29.8. The van der Waals surface area contributed by atoms with E-state index in [9.17, 15) is 0 Å². The molecule has 0 amide bonds. The maximum Gasteiger partial charge on any atom is 0.238 e. The third kappa shape index (κ3) is 12.9. The predicted octanol–water partition coefficient (Wildman–Crippen LogP) is 25.4. The Morgan fingerprint density at radius 1 is 0.202 bits per heavy atom. The molecular weight excluding hydrogens is 1390 g/mol. The van der Waals surface area contributed by atoms with Crippen molar-refractivity contribution in [2.45, 2.75) is 0 Å². The lowest BCUT2D eigenvalue weighted by atomic mass is 9.90. The van der Waals surface area contributed by atoms with Gasteiger partial charge in [0.15, 0.2) is 29.1 Å². The molecule has 15 aromatic carbocycles. The van der Waals surface area contributed by atoms with Crippen molar-refractivity contribution in [2.24, 2.45) is 0 Å². The molecule has 22 aromatic rings. The van der Waals surface area contributed by atoms with E-state index >= 15 is 0 Å². The molecule has 7 aromatic heterocycles. The van der Waals surface area contributed by atoms with Crippen molar-refractivity contribution in [3.8, 4) is 113 Å². The van der Waals surface area contributed by atoms with Crippen molar-refractivity contribution in [1.29, 1.82) is 0 Å². The van der Waals surface area contributed by atoms with Crippen LogP contribution in [0.3, 0.4) is 0 Å². The van der Waals surface area contributed by atoms with Gasteiger partial charge in [-0.1, -0.05) is 309 Å². The van der Waals surface area contributed by atoms with E-state index < -0.39 is 0 Å². The molecule has 0 aliphatic carbocycles. The summed E-state index contributed by atoms with van der Waals surface area (Å²) in [5.74, 6) is 3.70. The van der Waals surface area contributed by atoms with Gasteiger partial charge in [-0.15, -0.1) is 0 Å². The summed E-state index contributed by atoms with van der Waals surface area (Å²) >= 11 is 0. The topological polar surface area (TPSA) is 126 Å². The number of benzene rings is 15. The lowest BCUT2D eigenvalue weighted by Gasteiger charge is -2.15. The Kier molecular flexibility index (Phi) is 17.7. The van der Waals surface area contributed by atoms with Crippen molar-refractivity contribution in [3.63, 3.8) is 0 Å². The molecule has 0 aliphatic rings. The lowest BCUT2D eigenvalue weighted by molar-refractivity contribution is 0.954. The van der Waals surface area contributed by atoms with E-state index in [1.807, 2.05) is 170 Å². The van der Waals surface area contributed by atoms with Gasteiger partial charge in [0.2, 0.25) is 5.95 Å². The van der Waals surface area contributed by atoms with Crippen molar-refractivity contribution >= 4 is 87.0 Å². The first-order valence-electron chi connectivity index (χ1n) is 38.1. The molecule has 0 bridgehead atoms. The fraction of sp³-hybridized carbons (Fsp3) is 0. The van der Waals surface area contributed by atoms with E-state index in [1.165, 1.54) is 70.8 Å². The van der Waals surface area contributed by atoms with Crippen LogP contribution in [0, 0.1) is 0 Å². The quantitative estimate of drug-likeness (QED) is 0.116. The van der Waals surface area contributed by atoms with E-state index in [0.29, 0.717) is 35.1 Å². The Balaban J connectivity index is 0.000000112. The first-order chi connectivity index (χ1) is 56.5. The van der Waals surface area contributed by atoms with Gasteiger partial charge in [-0.3, -0.25) is 19.5 Å². The number of hydrogen-bond donors (Lipinski definition) is 0.